The fraction of sp³-hybridized carbons (Fsp3) is 0.200. The van der Waals surface area contributed by atoms with Crippen molar-refractivity contribution in [2.24, 2.45) is 0 Å². The summed E-state index contributed by atoms with van der Waals surface area (Å²) >= 11 is 2.89. The highest BCUT2D eigenvalue weighted by Gasteiger charge is 2.40. The van der Waals surface area contributed by atoms with Crippen molar-refractivity contribution in [3.63, 3.8) is 0 Å². The number of para-hydroxylation sites is 2. The van der Waals surface area contributed by atoms with Crippen molar-refractivity contribution >= 4 is 35.3 Å². The largest absolute Gasteiger partial charge is 0.435 e. The lowest BCUT2D eigenvalue weighted by atomic mass is 10.1. The van der Waals surface area contributed by atoms with Crippen molar-refractivity contribution in [2.45, 2.75) is 24.0 Å². The van der Waals surface area contributed by atoms with E-state index in [2.05, 4.69) is 9.47 Å². The van der Waals surface area contributed by atoms with E-state index in [1.54, 1.807) is 43.4 Å². The quantitative estimate of drug-likeness (QED) is 0.108. The van der Waals surface area contributed by atoms with E-state index in [9.17, 15) is 27.2 Å². The summed E-state index contributed by atoms with van der Waals surface area (Å²) in [5, 5.41) is 8.86. The van der Waals surface area contributed by atoms with Gasteiger partial charge in [-0.05, 0) is 72.8 Å². The van der Waals surface area contributed by atoms with Crippen LogP contribution in [0.1, 0.15) is 21.9 Å². The number of hydrogen-bond acceptors (Lipinski definition) is 8. The molecule has 2 fully saturated rings. The van der Waals surface area contributed by atoms with Gasteiger partial charge in [0, 0.05) is 47.7 Å². The molecular formula is C40H32F4N6O4S2. The molecule has 0 radical (unpaired) electrons. The zero-order valence-corrected chi connectivity index (χ0v) is 31.0. The Morgan fingerprint density at radius 3 is 1.30 bits per heavy atom. The number of alkyl halides is 4. The van der Waals surface area contributed by atoms with Crippen LogP contribution < -0.4 is 9.47 Å². The number of halogens is 4. The van der Waals surface area contributed by atoms with Crippen molar-refractivity contribution in [3.8, 4) is 45.4 Å². The Morgan fingerprint density at radius 2 is 0.946 bits per heavy atom. The number of thioether (sulfide) groups is 2. The molecule has 2 aliphatic heterocycles. The van der Waals surface area contributed by atoms with Gasteiger partial charge in [-0.3, -0.25) is 9.59 Å². The van der Waals surface area contributed by atoms with E-state index in [4.69, 9.17) is 10.2 Å². The third kappa shape index (κ3) is 7.84. The highest BCUT2D eigenvalue weighted by atomic mass is 32.2. The van der Waals surface area contributed by atoms with E-state index in [1.165, 1.54) is 47.8 Å². The highest BCUT2D eigenvalue weighted by molar-refractivity contribution is 8.00. The van der Waals surface area contributed by atoms with Crippen LogP contribution in [0, 0.1) is 0 Å². The topological polar surface area (TPSA) is 94.7 Å². The number of ether oxygens (including phenoxy) is 2. The molecule has 0 aliphatic carbocycles. The molecule has 2 saturated heterocycles. The van der Waals surface area contributed by atoms with Crippen molar-refractivity contribution in [1.29, 1.82) is 0 Å². The van der Waals surface area contributed by atoms with Crippen LogP contribution in [0.25, 0.3) is 33.9 Å². The van der Waals surface area contributed by atoms with Gasteiger partial charge in [0.1, 0.15) is 22.2 Å². The normalized spacial score (nSPS) is 17.1. The summed E-state index contributed by atoms with van der Waals surface area (Å²) in [6.07, 6.45) is 3.75. The van der Waals surface area contributed by atoms with E-state index >= 15 is 0 Å². The van der Waals surface area contributed by atoms with Crippen LogP contribution >= 0.6 is 23.5 Å². The van der Waals surface area contributed by atoms with Crippen molar-refractivity contribution in [1.82, 2.24) is 29.4 Å². The number of hydrogen-bond donors (Lipinski definition) is 0. The lowest BCUT2D eigenvalue weighted by Gasteiger charge is -2.29. The summed E-state index contributed by atoms with van der Waals surface area (Å²) in [4.78, 5) is 30.6. The van der Waals surface area contributed by atoms with Gasteiger partial charge in [0.25, 0.3) is 0 Å². The second-order valence-electron chi connectivity index (χ2n) is 12.7. The minimum atomic E-state index is -2.96. The van der Waals surface area contributed by atoms with Gasteiger partial charge in [-0.2, -0.15) is 27.8 Å². The van der Waals surface area contributed by atoms with Crippen LogP contribution in [0.2, 0.25) is 0 Å². The molecule has 0 spiro atoms. The fourth-order valence-electron chi connectivity index (χ4n) is 6.72. The van der Waals surface area contributed by atoms with E-state index in [1.807, 2.05) is 73.1 Å². The van der Waals surface area contributed by atoms with Crippen LogP contribution in [0.15, 0.2) is 122 Å². The summed E-state index contributed by atoms with van der Waals surface area (Å²) in [6.45, 7) is -5.48. The zero-order chi connectivity index (χ0) is 38.8. The molecule has 2 aliphatic rings. The maximum Gasteiger partial charge on any atom is 0.387 e. The van der Waals surface area contributed by atoms with Gasteiger partial charge >= 0.3 is 13.2 Å². The molecule has 286 valence electrons. The minimum Gasteiger partial charge on any atom is -0.435 e. The Hall–Kier alpha value is -5.74. The molecule has 4 aromatic carbocycles. The van der Waals surface area contributed by atoms with Gasteiger partial charge in [-0.25, -0.2) is 9.36 Å². The van der Waals surface area contributed by atoms with E-state index in [0.717, 1.165) is 22.5 Å². The second kappa shape index (κ2) is 16.2. The van der Waals surface area contributed by atoms with Gasteiger partial charge in [0.15, 0.2) is 0 Å². The van der Waals surface area contributed by atoms with E-state index < -0.39 is 24.0 Å². The van der Waals surface area contributed by atoms with Crippen LogP contribution in [0.3, 0.4) is 0 Å². The second-order valence-corrected chi connectivity index (χ2v) is 14.9. The molecule has 4 heterocycles. The number of nitrogens with zero attached hydrogens (tertiary/aromatic N) is 6. The van der Waals surface area contributed by atoms with Crippen molar-refractivity contribution in [3.05, 3.63) is 133 Å². The lowest BCUT2D eigenvalue weighted by molar-refractivity contribution is -0.132. The average molecular weight is 801 g/mol. The molecule has 2 atom stereocenters. The average Bonchev–Trinajstić information content (AvgIpc) is 4.00. The molecule has 8 rings (SSSR count). The summed E-state index contributed by atoms with van der Waals surface area (Å²) in [5.41, 5.74) is 5.53. The highest BCUT2D eigenvalue weighted by Crippen LogP contribution is 2.45. The Morgan fingerprint density at radius 1 is 0.571 bits per heavy atom. The number of benzene rings is 4. The maximum absolute atomic E-state index is 13.6. The number of carbonyl (C=O) groups is 2. The molecule has 56 heavy (non-hydrogen) atoms. The SMILES string of the molecule is O=C1CSC(c2cn(-c3ccccc3)nc2-c2ccc(OC(F)F)cc2)N1CCN1C(=O)CSC1c1cn(-c2ccccc2)nc1-c1ccc(OC(F)F)cc1. The predicted molar refractivity (Wildman–Crippen MR) is 205 cm³/mol. The standard InChI is InChI=1S/C40H32F4N6O4S2/c41-39(42)53-29-15-11-25(12-16-29)35-31(21-49(45-35)27-7-3-1-4-8-27)37-47(33(51)23-55-37)19-20-48-34(52)24-56-38(48)32-22-50(28-9-5-2-6-10-28)46-36(32)26-13-17-30(18-14-26)54-40(43)44/h1-18,21-22,37-40H,19-20,23-24H2. The molecule has 2 amide bonds. The number of carbonyl (C=O) groups excluding carboxylic acids is 2. The van der Waals surface area contributed by atoms with Crippen LogP contribution in [-0.2, 0) is 9.59 Å². The molecule has 0 N–H and O–H groups in total. The first kappa shape index (κ1) is 37.2. The third-order valence-corrected chi connectivity index (χ3v) is 11.8. The summed E-state index contributed by atoms with van der Waals surface area (Å²) in [6, 6.07) is 31.4. The molecule has 2 aromatic heterocycles. The fourth-order valence-corrected chi connectivity index (χ4v) is 9.16. The van der Waals surface area contributed by atoms with Gasteiger partial charge in [0.05, 0.1) is 34.3 Å². The first-order valence-electron chi connectivity index (χ1n) is 17.4. The van der Waals surface area contributed by atoms with E-state index in [-0.39, 0.29) is 47.9 Å². The van der Waals surface area contributed by atoms with Crippen LogP contribution in [0.5, 0.6) is 11.5 Å². The molecule has 2 unspecified atom stereocenters. The Bertz CT molecular complexity index is 2150. The molecule has 6 aromatic rings. The predicted octanol–water partition coefficient (Wildman–Crippen LogP) is 8.44. The molecule has 16 heteroatoms. The smallest absolute Gasteiger partial charge is 0.387 e. The van der Waals surface area contributed by atoms with Gasteiger partial charge < -0.3 is 19.3 Å². The Balaban J connectivity index is 1.09. The number of amides is 2. The zero-order valence-electron chi connectivity index (χ0n) is 29.3. The Kier molecular flexibility index (Phi) is 10.7. The molecule has 0 bridgehead atoms. The summed E-state index contributed by atoms with van der Waals surface area (Å²) in [5.74, 6) is 0.258. The minimum absolute atomic E-state index is 0.0118. The summed E-state index contributed by atoms with van der Waals surface area (Å²) in [7, 11) is 0. The van der Waals surface area contributed by atoms with Gasteiger partial charge in [-0.15, -0.1) is 23.5 Å². The van der Waals surface area contributed by atoms with Gasteiger partial charge in [-0.1, -0.05) is 36.4 Å². The summed E-state index contributed by atoms with van der Waals surface area (Å²) < 4.78 is 64.2. The number of rotatable bonds is 13. The Labute approximate surface area is 327 Å². The maximum atomic E-state index is 13.6. The third-order valence-electron chi connectivity index (χ3n) is 9.28. The van der Waals surface area contributed by atoms with Crippen LogP contribution in [-0.4, -0.2) is 79.0 Å². The van der Waals surface area contributed by atoms with Crippen LogP contribution in [0.4, 0.5) is 17.6 Å². The molecule has 0 saturated carbocycles. The van der Waals surface area contributed by atoms with Crippen molar-refractivity contribution in [2.75, 3.05) is 24.6 Å². The molecular weight excluding hydrogens is 769 g/mol. The monoisotopic (exact) mass is 800 g/mol. The lowest BCUT2D eigenvalue weighted by Crippen LogP contribution is -2.39. The first-order valence-corrected chi connectivity index (χ1v) is 19.5. The first-order chi connectivity index (χ1) is 27.2. The molecule has 10 nitrogen and oxygen atoms in total. The number of aromatic nitrogens is 4. The van der Waals surface area contributed by atoms with E-state index in [0.29, 0.717) is 22.5 Å². The van der Waals surface area contributed by atoms with Gasteiger partial charge in [0.2, 0.25) is 11.8 Å². The van der Waals surface area contributed by atoms with Crippen molar-refractivity contribution < 1.29 is 36.6 Å².